The highest BCUT2D eigenvalue weighted by molar-refractivity contribution is 5.86. The Hall–Kier alpha value is -2.60. The lowest BCUT2D eigenvalue weighted by molar-refractivity contribution is -0.139. The molecule has 124 valence electrons. The summed E-state index contributed by atoms with van der Waals surface area (Å²) in [6, 6.07) is 7.24. The Morgan fingerprint density at radius 1 is 1.04 bits per heavy atom. The molecule has 0 bridgehead atoms. The van der Waals surface area contributed by atoms with E-state index in [1.807, 2.05) is 12.1 Å². The van der Waals surface area contributed by atoms with Crippen molar-refractivity contribution in [1.82, 2.24) is 0 Å². The Morgan fingerprint density at radius 3 is 2.39 bits per heavy atom. The highest BCUT2D eigenvalue weighted by Crippen LogP contribution is 2.13. The number of carbonyl (C=O) groups is 2. The van der Waals surface area contributed by atoms with E-state index in [1.54, 1.807) is 18.2 Å². The van der Waals surface area contributed by atoms with Gasteiger partial charge in [0.2, 0.25) is 0 Å². The van der Waals surface area contributed by atoms with Crippen molar-refractivity contribution in [3.63, 3.8) is 0 Å². The van der Waals surface area contributed by atoms with Gasteiger partial charge in [0.1, 0.15) is 19.0 Å². The standard InChI is InChI=1S/C17H20O6/c1-3-16(18)23-13-11-21-10-12-22-15-7-4-14(5-8-15)6-9-17(19)20-2/h3-9H,1,10-13H2,2H3/b9-6+. The smallest absolute Gasteiger partial charge is 0.330 e. The van der Waals surface area contributed by atoms with Gasteiger partial charge in [0, 0.05) is 12.2 Å². The number of esters is 2. The molecule has 0 fully saturated rings. The Morgan fingerprint density at radius 2 is 1.74 bits per heavy atom. The molecule has 0 atom stereocenters. The van der Waals surface area contributed by atoms with Crippen LogP contribution in [0.15, 0.2) is 43.0 Å². The molecule has 0 aliphatic carbocycles. The summed E-state index contributed by atoms with van der Waals surface area (Å²) in [5.41, 5.74) is 0.864. The molecule has 6 heteroatoms. The number of benzene rings is 1. The Balaban J connectivity index is 2.18. The molecule has 0 amide bonds. The van der Waals surface area contributed by atoms with Crippen molar-refractivity contribution >= 4 is 18.0 Å². The molecule has 0 radical (unpaired) electrons. The van der Waals surface area contributed by atoms with Gasteiger partial charge in [-0.3, -0.25) is 0 Å². The molecular weight excluding hydrogens is 300 g/mol. The molecule has 1 aromatic carbocycles. The maximum absolute atomic E-state index is 11.0. The molecule has 0 aliphatic rings. The summed E-state index contributed by atoms with van der Waals surface area (Å²) in [5, 5.41) is 0. The summed E-state index contributed by atoms with van der Waals surface area (Å²) in [6.45, 7) is 4.55. The fourth-order valence-corrected chi connectivity index (χ4v) is 1.49. The van der Waals surface area contributed by atoms with Crippen LogP contribution in [0.1, 0.15) is 5.56 Å². The van der Waals surface area contributed by atoms with Crippen LogP contribution < -0.4 is 4.74 Å². The minimum absolute atomic E-state index is 0.187. The van der Waals surface area contributed by atoms with E-state index in [4.69, 9.17) is 14.2 Å². The van der Waals surface area contributed by atoms with Crippen molar-refractivity contribution in [2.45, 2.75) is 0 Å². The highest BCUT2D eigenvalue weighted by atomic mass is 16.6. The first-order valence-corrected chi connectivity index (χ1v) is 7.01. The van der Waals surface area contributed by atoms with Gasteiger partial charge in [-0.25, -0.2) is 9.59 Å². The molecule has 23 heavy (non-hydrogen) atoms. The van der Waals surface area contributed by atoms with Crippen LogP contribution in [0.5, 0.6) is 5.75 Å². The monoisotopic (exact) mass is 320 g/mol. The first kappa shape index (κ1) is 18.4. The molecule has 0 unspecified atom stereocenters. The molecule has 0 spiro atoms. The normalized spacial score (nSPS) is 10.3. The quantitative estimate of drug-likeness (QED) is 0.373. The largest absolute Gasteiger partial charge is 0.491 e. The van der Waals surface area contributed by atoms with Gasteiger partial charge >= 0.3 is 11.9 Å². The lowest BCUT2D eigenvalue weighted by Crippen LogP contribution is -2.12. The van der Waals surface area contributed by atoms with E-state index in [0.717, 1.165) is 11.6 Å². The molecule has 1 aromatic rings. The number of rotatable bonds is 10. The number of hydrogen-bond donors (Lipinski definition) is 0. The maximum Gasteiger partial charge on any atom is 0.330 e. The summed E-state index contributed by atoms with van der Waals surface area (Å²) in [4.78, 5) is 21.7. The third-order valence-electron chi connectivity index (χ3n) is 2.63. The summed E-state index contributed by atoms with van der Waals surface area (Å²) >= 11 is 0. The molecule has 0 N–H and O–H groups in total. The topological polar surface area (TPSA) is 71.1 Å². The third kappa shape index (κ3) is 8.43. The molecule has 1 rings (SSSR count). The van der Waals surface area contributed by atoms with Gasteiger partial charge in [-0.2, -0.15) is 0 Å². The van der Waals surface area contributed by atoms with E-state index in [1.165, 1.54) is 13.2 Å². The highest BCUT2D eigenvalue weighted by Gasteiger charge is 1.97. The van der Waals surface area contributed by atoms with Crippen LogP contribution in [-0.2, 0) is 23.8 Å². The van der Waals surface area contributed by atoms with Gasteiger partial charge in [0.25, 0.3) is 0 Å². The van der Waals surface area contributed by atoms with Crippen LogP contribution in [0.2, 0.25) is 0 Å². The second kappa shape index (κ2) is 11.0. The van der Waals surface area contributed by atoms with E-state index >= 15 is 0 Å². The maximum atomic E-state index is 11.0. The molecule has 6 nitrogen and oxygen atoms in total. The molecular formula is C17H20O6. The molecule has 0 heterocycles. The van der Waals surface area contributed by atoms with Crippen LogP contribution in [0.3, 0.4) is 0 Å². The fraction of sp³-hybridized carbons (Fsp3) is 0.294. The first-order valence-electron chi connectivity index (χ1n) is 7.01. The second-order valence-corrected chi connectivity index (χ2v) is 4.26. The van der Waals surface area contributed by atoms with Gasteiger partial charge in [-0.1, -0.05) is 18.7 Å². The van der Waals surface area contributed by atoms with Crippen LogP contribution >= 0.6 is 0 Å². The lowest BCUT2D eigenvalue weighted by atomic mass is 10.2. The van der Waals surface area contributed by atoms with Crippen molar-refractivity contribution in [1.29, 1.82) is 0 Å². The number of hydrogen-bond acceptors (Lipinski definition) is 6. The molecule has 0 aromatic heterocycles. The van der Waals surface area contributed by atoms with Crippen molar-refractivity contribution in [3.8, 4) is 5.75 Å². The van der Waals surface area contributed by atoms with Crippen LogP contribution in [0, 0.1) is 0 Å². The van der Waals surface area contributed by atoms with Gasteiger partial charge in [-0.15, -0.1) is 0 Å². The van der Waals surface area contributed by atoms with Crippen molar-refractivity contribution in [2.75, 3.05) is 33.5 Å². The minimum Gasteiger partial charge on any atom is -0.491 e. The van der Waals surface area contributed by atoms with E-state index in [9.17, 15) is 9.59 Å². The van der Waals surface area contributed by atoms with Crippen molar-refractivity contribution < 1.29 is 28.5 Å². The zero-order valence-electron chi connectivity index (χ0n) is 13.0. The predicted molar refractivity (Wildman–Crippen MR) is 85.0 cm³/mol. The molecule has 0 aliphatic heterocycles. The van der Waals surface area contributed by atoms with Gasteiger partial charge in [-0.05, 0) is 23.8 Å². The minimum atomic E-state index is -0.466. The van der Waals surface area contributed by atoms with Gasteiger partial charge in [0.15, 0.2) is 0 Å². The SMILES string of the molecule is C=CC(=O)OCCOCCOc1ccc(/C=C/C(=O)OC)cc1. The average molecular weight is 320 g/mol. The predicted octanol–water partition coefficient (Wildman–Crippen LogP) is 2.00. The zero-order valence-corrected chi connectivity index (χ0v) is 13.0. The number of ether oxygens (including phenoxy) is 4. The van der Waals surface area contributed by atoms with Crippen LogP contribution in [-0.4, -0.2) is 45.5 Å². The van der Waals surface area contributed by atoms with E-state index in [-0.39, 0.29) is 6.61 Å². The second-order valence-electron chi connectivity index (χ2n) is 4.26. The van der Waals surface area contributed by atoms with Gasteiger partial charge in [0.05, 0.1) is 20.3 Å². The third-order valence-corrected chi connectivity index (χ3v) is 2.63. The van der Waals surface area contributed by atoms with Crippen LogP contribution in [0.4, 0.5) is 0 Å². The van der Waals surface area contributed by atoms with E-state index < -0.39 is 11.9 Å². The van der Waals surface area contributed by atoms with Gasteiger partial charge < -0.3 is 18.9 Å². The summed E-state index contributed by atoms with van der Waals surface area (Å²) < 4.78 is 20.0. The Kier molecular flexibility index (Phi) is 8.85. The lowest BCUT2D eigenvalue weighted by Gasteiger charge is -2.07. The van der Waals surface area contributed by atoms with Crippen molar-refractivity contribution in [2.24, 2.45) is 0 Å². The zero-order chi connectivity index (χ0) is 16.9. The number of methoxy groups -OCH3 is 1. The average Bonchev–Trinajstić information content (AvgIpc) is 2.59. The molecule has 0 saturated carbocycles. The summed E-state index contributed by atoms with van der Waals surface area (Å²) in [6.07, 6.45) is 4.11. The molecule has 0 saturated heterocycles. The van der Waals surface area contributed by atoms with E-state index in [0.29, 0.717) is 25.6 Å². The summed E-state index contributed by atoms with van der Waals surface area (Å²) in [5.74, 6) is -0.172. The Bertz CT molecular complexity index is 533. The van der Waals surface area contributed by atoms with Crippen molar-refractivity contribution in [3.05, 3.63) is 48.6 Å². The Labute approximate surface area is 135 Å². The number of carbonyl (C=O) groups excluding carboxylic acids is 2. The van der Waals surface area contributed by atoms with E-state index in [2.05, 4.69) is 11.3 Å². The van der Waals surface area contributed by atoms with Crippen LogP contribution in [0.25, 0.3) is 6.08 Å². The first-order chi connectivity index (χ1) is 11.2. The summed E-state index contributed by atoms with van der Waals surface area (Å²) in [7, 11) is 1.33. The fourth-order valence-electron chi connectivity index (χ4n) is 1.49.